The lowest BCUT2D eigenvalue weighted by Gasteiger charge is -2.31. The smallest absolute Gasteiger partial charge is 0.358 e. The molecule has 1 saturated heterocycles. The minimum atomic E-state index is -0.594. The molecule has 0 atom stereocenters. The zero-order valence-corrected chi connectivity index (χ0v) is 22.3. The number of carbonyl (C=O) groups excluding carboxylic acids is 2. The van der Waals surface area contributed by atoms with Crippen molar-refractivity contribution in [1.29, 1.82) is 0 Å². The van der Waals surface area contributed by atoms with Crippen LogP contribution in [0.25, 0.3) is 11.1 Å². The molecule has 0 N–H and O–H groups in total. The fourth-order valence-corrected chi connectivity index (χ4v) is 4.55. The third-order valence-corrected chi connectivity index (χ3v) is 6.35. The van der Waals surface area contributed by atoms with Gasteiger partial charge in [-0.1, -0.05) is 18.2 Å². The number of carbonyl (C=O) groups is 2. The molecule has 0 unspecified atom stereocenters. The van der Waals surface area contributed by atoms with Crippen molar-refractivity contribution in [2.45, 2.75) is 65.9 Å². The molecule has 1 fully saturated rings. The van der Waals surface area contributed by atoms with E-state index in [0.717, 1.165) is 61.2 Å². The van der Waals surface area contributed by atoms with Gasteiger partial charge in [-0.15, -0.1) is 0 Å². The number of hydrogen-bond acceptors (Lipinski definition) is 7. The summed E-state index contributed by atoms with van der Waals surface area (Å²) in [5, 5.41) is 0. The summed E-state index contributed by atoms with van der Waals surface area (Å²) in [6, 6.07) is 9.62. The van der Waals surface area contributed by atoms with Crippen molar-refractivity contribution in [2.75, 3.05) is 32.8 Å². The van der Waals surface area contributed by atoms with Crippen LogP contribution in [0.2, 0.25) is 0 Å². The largest absolute Gasteiger partial charge is 0.493 e. The van der Waals surface area contributed by atoms with E-state index >= 15 is 0 Å². The highest BCUT2D eigenvalue weighted by Gasteiger charge is 2.24. The number of aromatic nitrogens is 1. The molecule has 7 nitrogen and oxygen atoms in total. The van der Waals surface area contributed by atoms with E-state index in [4.69, 9.17) is 14.2 Å². The maximum Gasteiger partial charge on any atom is 0.358 e. The Morgan fingerprint density at radius 1 is 1.08 bits per heavy atom. The third-order valence-electron chi connectivity index (χ3n) is 6.35. The van der Waals surface area contributed by atoms with Crippen molar-refractivity contribution in [2.24, 2.45) is 5.92 Å². The Kier molecular flexibility index (Phi) is 9.88. The Morgan fingerprint density at radius 2 is 1.81 bits per heavy atom. The number of nitrogens with zero attached hydrogens (tertiary/aromatic N) is 2. The van der Waals surface area contributed by atoms with E-state index < -0.39 is 11.6 Å². The molecule has 1 aliphatic heterocycles. The van der Waals surface area contributed by atoms with Gasteiger partial charge in [0.2, 0.25) is 0 Å². The molecular weight excluding hydrogens is 456 g/mol. The second-order valence-electron chi connectivity index (χ2n) is 10.3. The summed E-state index contributed by atoms with van der Waals surface area (Å²) in [6.45, 7) is 12.7. The summed E-state index contributed by atoms with van der Waals surface area (Å²) in [4.78, 5) is 31.0. The van der Waals surface area contributed by atoms with Gasteiger partial charge >= 0.3 is 11.9 Å². The molecule has 7 heteroatoms. The molecular formula is C29H40N2O5. The van der Waals surface area contributed by atoms with Gasteiger partial charge in [-0.05, 0) is 103 Å². The van der Waals surface area contributed by atoms with Gasteiger partial charge in [-0.25, -0.2) is 9.78 Å². The molecule has 1 aromatic carbocycles. The Labute approximate surface area is 215 Å². The van der Waals surface area contributed by atoms with Crippen LogP contribution in [0.4, 0.5) is 0 Å². The second-order valence-corrected chi connectivity index (χ2v) is 10.3. The van der Waals surface area contributed by atoms with Crippen LogP contribution in [-0.4, -0.2) is 60.3 Å². The first-order valence-corrected chi connectivity index (χ1v) is 13.0. The quantitative estimate of drug-likeness (QED) is 0.320. The van der Waals surface area contributed by atoms with Crippen LogP contribution in [0, 0.1) is 12.8 Å². The first-order valence-electron chi connectivity index (χ1n) is 13.0. The molecule has 36 heavy (non-hydrogen) atoms. The zero-order valence-electron chi connectivity index (χ0n) is 22.3. The molecule has 0 aliphatic carbocycles. The predicted octanol–water partition coefficient (Wildman–Crippen LogP) is 5.45. The molecule has 0 bridgehead atoms. The van der Waals surface area contributed by atoms with Crippen LogP contribution in [0.15, 0.2) is 36.5 Å². The van der Waals surface area contributed by atoms with Gasteiger partial charge in [0.15, 0.2) is 5.69 Å². The summed E-state index contributed by atoms with van der Waals surface area (Å²) in [5.41, 5.74) is 2.34. The first-order chi connectivity index (χ1) is 17.2. The lowest BCUT2D eigenvalue weighted by Crippen LogP contribution is -2.38. The molecule has 1 aliphatic rings. The monoisotopic (exact) mass is 496 g/mol. The number of esters is 2. The van der Waals surface area contributed by atoms with Crippen molar-refractivity contribution in [1.82, 2.24) is 9.88 Å². The summed E-state index contributed by atoms with van der Waals surface area (Å²) in [5.74, 6) is 0.908. The minimum absolute atomic E-state index is 0.133. The van der Waals surface area contributed by atoms with Gasteiger partial charge in [0.05, 0.1) is 19.8 Å². The molecule has 3 rings (SSSR count). The van der Waals surface area contributed by atoms with Gasteiger partial charge in [0.25, 0.3) is 0 Å². The molecule has 0 radical (unpaired) electrons. The van der Waals surface area contributed by atoms with E-state index in [1.54, 1.807) is 6.20 Å². The van der Waals surface area contributed by atoms with Crippen LogP contribution >= 0.6 is 0 Å². The van der Waals surface area contributed by atoms with Crippen molar-refractivity contribution in [3.63, 3.8) is 0 Å². The molecule has 0 spiro atoms. The molecule has 0 saturated carbocycles. The van der Waals surface area contributed by atoms with Crippen LogP contribution in [0.1, 0.15) is 69.4 Å². The molecule has 2 aromatic rings. The van der Waals surface area contributed by atoms with Crippen LogP contribution in [0.5, 0.6) is 5.75 Å². The summed E-state index contributed by atoms with van der Waals surface area (Å²) in [6.07, 6.45) is 5.89. The average molecular weight is 497 g/mol. The van der Waals surface area contributed by atoms with Gasteiger partial charge in [-0.3, -0.25) is 9.69 Å². The van der Waals surface area contributed by atoms with Gasteiger partial charge in [0.1, 0.15) is 11.4 Å². The normalized spacial score (nSPS) is 14.9. The first kappa shape index (κ1) is 27.7. The number of ether oxygens (including phenoxy) is 3. The van der Waals surface area contributed by atoms with Crippen molar-refractivity contribution < 1.29 is 23.8 Å². The SMILES string of the molecule is CCOC(=O)CN1CCC(CCCOc2cccc(-c3cccnc3C(=O)OC(C)(C)C)c2C)CC1. The van der Waals surface area contributed by atoms with E-state index in [1.165, 1.54) is 0 Å². The molecule has 0 amide bonds. The van der Waals surface area contributed by atoms with Crippen LogP contribution < -0.4 is 4.74 Å². The topological polar surface area (TPSA) is 78.0 Å². The number of rotatable bonds is 10. The maximum atomic E-state index is 12.8. The number of hydrogen-bond donors (Lipinski definition) is 0. The van der Waals surface area contributed by atoms with Crippen LogP contribution in [-0.2, 0) is 14.3 Å². The van der Waals surface area contributed by atoms with Crippen LogP contribution in [0.3, 0.4) is 0 Å². The summed E-state index contributed by atoms with van der Waals surface area (Å²) in [7, 11) is 0. The highest BCUT2D eigenvalue weighted by atomic mass is 16.6. The lowest BCUT2D eigenvalue weighted by molar-refractivity contribution is -0.144. The lowest BCUT2D eigenvalue weighted by atomic mass is 9.92. The van der Waals surface area contributed by atoms with E-state index in [2.05, 4.69) is 9.88 Å². The van der Waals surface area contributed by atoms with E-state index in [0.29, 0.717) is 31.4 Å². The van der Waals surface area contributed by atoms with Crippen molar-refractivity contribution in [3.05, 3.63) is 47.8 Å². The van der Waals surface area contributed by atoms with E-state index in [9.17, 15) is 9.59 Å². The second kappa shape index (κ2) is 12.9. The average Bonchev–Trinajstić information content (AvgIpc) is 2.83. The van der Waals surface area contributed by atoms with Gasteiger partial charge in [0, 0.05) is 11.8 Å². The maximum absolute atomic E-state index is 12.8. The third kappa shape index (κ3) is 8.05. The Bertz CT molecular complexity index is 1020. The number of piperidine rings is 1. The van der Waals surface area contributed by atoms with Crippen molar-refractivity contribution in [3.8, 4) is 16.9 Å². The highest BCUT2D eigenvalue weighted by Crippen LogP contribution is 2.32. The van der Waals surface area contributed by atoms with E-state index in [-0.39, 0.29) is 5.97 Å². The Morgan fingerprint density at radius 3 is 2.50 bits per heavy atom. The Balaban J connectivity index is 1.54. The predicted molar refractivity (Wildman–Crippen MR) is 140 cm³/mol. The standard InChI is InChI=1S/C29H40N2O5/c1-6-34-26(32)20-31-17-14-22(15-18-31)10-9-19-35-25-13-7-11-23(21(25)2)24-12-8-16-30-27(24)28(33)36-29(3,4)5/h7-8,11-13,16,22H,6,9-10,14-15,17-20H2,1-5H3. The number of benzene rings is 1. The Hall–Kier alpha value is -2.93. The van der Waals surface area contributed by atoms with E-state index in [1.807, 2.05) is 65.0 Å². The molecule has 2 heterocycles. The number of pyridine rings is 1. The van der Waals surface area contributed by atoms with Gasteiger partial charge in [-0.2, -0.15) is 0 Å². The molecule has 1 aromatic heterocycles. The number of likely N-dealkylation sites (tertiary alicyclic amines) is 1. The fraction of sp³-hybridized carbons (Fsp3) is 0.552. The summed E-state index contributed by atoms with van der Waals surface area (Å²) < 4.78 is 16.8. The van der Waals surface area contributed by atoms with Crippen molar-refractivity contribution >= 4 is 11.9 Å². The minimum Gasteiger partial charge on any atom is -0.493 e. The van der Waals surface area contributed by atoms with Gasteiger partial charge < -0.3 is 14.2 Å². The zero-order chi connectivity index (χ0) is 26.1. The highest BCUT2D eigenvalue weighted by molar-refractivity contribution is 5.96. The summed E-state index contributed by atoms with van der Waals surface area (Å²) >= 11 is 0. The fourth-order valence-electron chi connectivity index (χ4n) is 4.55. The molecule has 196 valence electrons.